The molecule has 0 radical (unpaired) electrons. The summed E-state index contributed by atoms with van der Waals surface area (Å²) in [6.45, 7) is 7.96. The maximum Gasteiger partial charge on any atom is 0.201 e. The zero-order valence-electron chi connectivity index (χ0n) is 17.0. The second-order valence-electron chi connectivity index (χ2n) is 10.0. The van der Waals surface area contributed by atoms with Gasteiger partial charge in [0, 0.05) is 19.4 Å². The fourth-order valence-electron chi connectivity index (χ4n) is 6.82. The zero-order valence-corrected chi connectivity index (χ0v) is 17.0. The van der Waals surface area contributed by atoms with E-state index in [1.807, 2.05) is 6.92 Å². The van der Waals surface area contributed by atoms with Crippen LogP contribution in [0.3, 0.4) is 0 Å². The predicted octanol–water partition coefficient (Wildman–Crippen LogP) is 1.36. The van der Waals surface area contributed by atoms with Gasteiger partial charge in [-0.1, -0.05) is 27.7 Å². The lowest BCUT2D eigenvalue weighted by atomic mass is 9.49. The highest BCUT2D eigenvalue weighted by Crippen LogP contribution is 2.70. The van der Waals surface area contributed by atoms with E-state index in [1.54, 1.807) is 7.11 Å². The summed E-state index contributed by atoms with van der Waals surface area (Å²) in [7, 11) is 1.71. The Morgan fingerprint density at radius 1 is 1.19 bits per heavy atom. The topological polar surface area (TPSA) is 99.4 Å². The molecule has 0 aromatic heterocycles. The number of hydrogen-bond acceptors (Lipinski definition) is 6. The number of hydrogen-bond donors (Lipinski definition) is 4. The molecule has 8 atom stereocenters. The van der Waals surface area contributed by atoms with Crippen LogP contribution in [0.2, 0.25) is 0 Å². The Hall–Kier alpha value is -0.500. The van der Waals surface area contributed by atoms with Gasteiger partial charge in [-0.05, 0) is 41.7 Å². The maximum atomic E-state index is 12.2. The highest BCUT2D eigenvalue weighted by molar-refractivity contribution is 5.45. The van der Waals surface area contributed by atoms with Crippen LogP contribution in [0.25, 0.3) is 0 Å². The van der Waals surface area contributed by atoms with Gasteiger partial charge in [-0.2, -0.15) is 0 Å². The molecule has 154 valence electrons. The molecule has 2 aliphatic heterocycles. The van der Waals surface area contributed by atoms with Crippen LogP contribution in [-0.4, -0.2) is 63.8 Å². The molecular weight excluding hydrogens is 348 g/mol. The molecule has 6 nitrogen and oxygen atoms in total. The van der Waals surface area contributed by atoms with E-state index in [4.69, 9.17) is 9.47 Å². The smallest absolute Gasteiger partial charge is 0.201 e. The van der Waals surface area contributed by atoms with Gasteiger partial charge in [-0.25, -0.2) is 0 Å². The second kappa shape index (κ2) is 5.77. The summed E-state index contributed by atoms with van der Waals surface area (Å²) in [5.41, 5.74) is -0.481. The van der Waals surface area contributed by atoms with Crippen molar-refractivity contribution in [1.29, 1.82) is 0 Å². The molecule has 2 saturated heterocycles. The quantitative estimate of drug-likeness (QED) is 0.550. The van der Waals surface area contributed by atoms with E-state index in [-0.39, 0.29) is 30.5 Å². The molecule has 0 unspecified atom stereocenters. The molecular formula is C21H34O6. The lowest BCUT2D eigenvalue weighted by molar-refractivity contribution is -0.359. The first kappa shape index (κ1) is 19.8. The monoisotopic (exact) mass is 382 g/mol. The van der Waals surface area contributed by atoms with Crippen molar-refractivity contribution in [2.45, 2.75) is 83.1 Å². The van der Waals surface area contributed by atoms with E-state index < -0.39 is 34.9 Å². The summed E-state index contributed by atoms with van der Waals surface area (Å²) in [5.74, 6) is -2.28. The van der Waals surface area contributed by atoms with E-state index in [0.717, 1.165) is 24.0 Å². The third kappa shape index (κ3) is 2.12. The average Bonchev–Trinajstić information content (AvgIpc) is 3.03. The Bertz CT molecular complexity index is 676. The number of fused-ring (bicyclic) bond motifs is 6. The number of aliphatic hydroxyl groups excluding tert-OH is 2. The standard InChI is InChI=1S/C21H34O6/c1-11(2)15-14(26-5)8-18(3)6-7-19(4)20(24,16(15)18)9-13-12(10-22)17(23)21(19,25)27-13/h11-14,17,22-25H,6-10H2,1-5H3/t12-,13-,14+,17-,18+,19-,20+,21-/m1/s1. The first-order chi connectivity index (χ1) is 12.5. The highest BCUT2D eigenvalue weighted by atomic mass is 16.7. The van der Waals surface area contributed by atoms with Crippen LogP contribution >= 0.6 is 0 Å². The van der Waals surface area contributed by atoms with Crippen LogP contribution in [-0.2, 0) is 9.47 Å². The number of rotatable bonds is 3. The molecule has 4 rings (SSSR count). The number of aliphatic hydroxyl groups is 4. The summed E-state index contributed by atoms with van der Waals surface area (Å²) in [4.78, 5) is 0. The van der Waals surface area contributed by atoms with Crippen molar-refractivity contribution in [2.75, 3.05) is 13.7 Å². The molecule has 27 heavy (non-hydrogen) atoms. The van der Waals surface area contributed by atoms with Gasteiger partial charge >= 0.3 is 0 Å². The summed E-state index contributed by atoms with van der Waals surface area (Å²) >= 11 is 0. The van der Waals surface area contributed by atoms with Crippen molar-refractivity contribution >= 4 is 0 Å². The Kier molecular flexibility index (Phi) is 4.23. The molecule has 2 bridgehead atoms. The summed E-state index contributed by atoms with van der Waals surface area (Å²) in [6, 6.07) is 0. The Morgan fingerprint density at radius 3 is 2.41 bits per heavy atom. The predicted molar refractivity (Wildman–Crippen MR) is 98.7 cm³/mol. The van der Waals surface area contributed by atoms with Crippen molar-refractivity contribution in [1.82, 2.24) is 0 Å². The number of methoxy groups -OCH3 is 1. The van der Waals surface area contributed by atoms with Gasteiger partial charge < -0.3 is 29.9 Å². The SMILES string of the molecule is CO[C@H]1C[C@]2(C)CC[C@]3(C)[C@](O)(C[C@H]4O[C@]3(O)[C@H](O)[C@@H]4CO)C2=C1C(C)C. The minimum absolute atomic E-state index is 0.0509. The Morgan fingerprint density at radius 2 is 1.85 bits per heavy atom. The molecule has 4 N–H and O–H groups in total. The lowest BCUT2D eigenvalue weighted by Crippen LogP contribution is -2.70. The van der Waals surface area contributed by atoms with E-state index in [2.05, 4.69) is 20.8 Å². The molecule has 1 saturated carbocycles. The lowest BCUT2D eigenvalue weighted by Gasteiger charge is -2.62. The van der Waals surface area contributed by atoms with Crippen LogP contribution in [0.15, 0.2) is 11.1 Å². The van der Waals surface area contributed by atoms with Crippen molar-refractivity contribution in [3.63, 3.8) is 0 Å². The van der Waals surface area contributed by atoms with Crippen LogP contribution in [0.5, 0.6) is 0 Å². The fraction of sp³-hybridized carbons (Fsp3) is 0.905. The van der Waals surface area contributed by atoms with E-state index >= 15 is 0 Å². The van der Waals surface area contributed by atoms with Crippen LogP contribution in [0.4, 0.5) is 0 Å². The average molecular weight is 382 g/mol. The van der Waals surface area contributed by atoms with Crippen molar-refractivity contribution < 1.29 is 29.9 Å². The van der Waals surface area contributed by atoms with Crippen LogP contribution < -0.4 is 0 Å². The van der Waals surface area contributed by atoms with Crippen molar-refractivity contribution in [2.24, 2.45) is 22.7 Å². The van der Waals surface area contributed by atoms with E-state index in [0.29, 0.717) is 6.42 Å². The molecule has 2 heterocycles. The minimum Gasteiger partial charge on any atom is -0.396 e. The van der Waals surface area contributed by atoms with E-state index in [9.17, 15) is 20.4 Å². The highest BCUT2D eigenvalue weighted by Gasteiger charge is 2.77. The summed E-state index contributed by atoms with van der Waals surface area (Å²) < 4.78 is 11.7. The van der Waals surface area contributed by atoms with Gasteiger partial charge in [-0.15, -0.1) is 0 Å². The first-order valence-corrected chi connectivity index (χ1v) is 10.2. The summed E-state index contributed by atoms with van der Waals surface area (Å²) in [6.07, 6.45) is 0.543. The molecule has 2 aliphatic carbocycles. The molecule has 0 aromatic rings. The minimum atomic E-state index is -1.88. The zero-order chi connectivity index (χ0) is 20.0. The Balaban J connectivity index is 1.95. The third-order valence-electron chi connectivity index (χ3n) is 8.40. The van der Waals surface area contributed by atoms with Gasteiger partial charge in [0.2, 0.25) is 5.79 Å². The largest absolute Gasteiger partial charge is 0.396 e. The second-order valence-corrected chi connectivity index (χ2v) is 10.0. The van der Waals surface area contributed by atoms with Crippen LogP contribution in [0.1, 0.15) is 53.4 Å². The van der Waals surface area contributed by atoms with Gasteiger partial charge in [0.25, 0.3) is 0 Å². The Labute approximate surface area is 161 Å². The fourth-order valence-corrected chi connectivity index (χ4v) is 6.82. The molecule has 3 fully saturated rings. The number of ether oxygens (including phenoxy) is 2. The van der Waals surface area contributed by atoms with Gasteiger partial charge in [-0.3, -0.25) is 0 Å². The van der Waals surface area contributed by atoms with Crippen molar-refractivity contribution in [3.8, 4) is 0 Å². The van der Waals surface area contributed by atoms with Gasteiger partial charge in [0.15, 0.2) is 0 Å². The molecule has 4 aliphatic rings. The molecule has 0 spiro atoms. The van der Waals surface area contributed by atoms with Gasteiger partial charge in [0.1, 0.15) is 6.10 Å². The molecule has 0 aromatic carbocycles. The maximum absolute atomic E-state index is 12.2. The summed E-state index contributed by atoms with van der Waals surface area (Å²) in [5, 5.41) is 44.3. The third-order valence-corrected chi connectivity index (χ3v) is 8.40. The van der Waals surface area contributed by atoms with E-state index in [1.165, 1.54) is 0 Å². The molecule has 6 heteroatoms. The first-order valence-electron chi connectivity index (χ1n) is 10.2. The normalized spacial score (nSPS) is 54.4. The van der Waals surface area contributed by atoms with Gasteiger partial charge in [0.05, 0.1) is 29.8 Å². The molecule has 0 amide bonds. The van der Waals surface area contributed by atoms with Crippen LogP contribution in [0, 0.1) is 22.7 Å². The van der Waals surface area contributed by atoms with Crippen molar-refractivity contribution in [3.05, 3.63) is 11.1 Å².